The summed E-state index contributed by atoms with van der Waals surface area (Å²) in [6.07, 6.45) is 2.53. The highest BCUT2D eigenvalue weighted by molar-refractivity contribution is 7.99. The van der Waals surface area contributed by atoms with Crippen LogP contribution in [-0.2, 0) is 4.79 Å². The molecule has 1 fully saturated rings. The Balaban J connectivity index is 2.68. The van der Waals surface area contributed by atoms with Gasteiger partial charge in [0.1, 0.15) is 0 Å². The normalized spacial score (nSPS) is 30.3. The van der Waals surface area contributed by atoms with Crippen LogP contribution in [0.15, 0.2) is 0 Å². The van der Waals surface area contributed by atoms with E-state index >= 15 is 0 Å². The molecule has 2 unspecified atom stereocenters. The van der Waals surface area contributed by atoms with Crippen LogP contribution in [0.5, 0.6) is 0 Å². The fourth-order valence-corrected chi connectivity index (χ4v) is 3.69. The lowest BCUT2D eigenvalue weighted by Crippen LogP contribution is -2.31. The molecule has 1 rings (SSSR count). The molecule has 76 valence electrons. The summed E-state index contributed by atoms with van der Waals surface area (Å²) in [4.78, 5) is 10.8. The first-order valence-electron chi connectivity index (χ1n) is 4.90. The monoisotopic (exact) mass is 202 g/mol. The molecule has 2 atom stereocenters. The van der Waals surface area contributed by atoms with Crippen molar-refractivity contribution in [3.63, 3.8) is 0 Å². The molecule has 0 bridgehead atoms. The SMILES string of the molecule is CCC(C)C1(CC(=O)O)CCSC1. The second-order valence-electron chi connectivity index (χ2n) is 4.04. The molecular weight excluding hydrogens is 184 g/mol. The third-order valence-corrected chi connectivity index (χ3v) is 4.57. The minimum Gasteiger partial charge on any atom is -0.481 e. The minimum atomic E-state index is -0.636. The van der Waals surface area contributed by atoms with Gasteiger partial charge in [0.15, 0.2) is 0 Å². The largest absolute Gasteiger partial charge is 0.481 e. The molecule has 0 saturated carbocycles. The molecule has 1 heterocycles. The van der Waals surface area contributed by atoms with Crippen LogP contribution in [0.2, 0.25) is 0 Å². The van der Waals surface area contributed by atoms with E-state index in [1.807, 2.05) is 11.8 Å². The molecular formula is C10H18O2S. The zero-order valence-electron chi connectivity index (χ0n) is 8.38. The summed E-state index contributed by atoms with van der Waals surface area (Å²) >= 11 is 1.90. The van der Waals surface area contributed by atoms with Gasteiger partial charge >= 0.3 is 5.97 Å². The Hall–Kier alpha value is -0.180. The highest BCUT2D eigenvalue weighted by atomic mass is 32.2. The second-order valence-corrected chi connectivity index (χ2v) is 5.15. The van der Waals surface area contributed by atoms with Crippen LogP contribution in [-0.4, -0.2) is 22.6 Å². The van der Waals surface area contributed by atoms with Gasteiger partial charge in [-0.2, -0.15) is 11.8 Å². The van der Waals surface area contributed by atoms with E-state index in [0.717, 1.165) is 24.3 Å². The van der Waals surface area contributed by atoms with Gasteiger partial charge in [-0.3, -0.25) is 4.79 Å². The first-order valence-corrected chi connectivity index (χ1v) is 6.06. The molecule has 13 heavy (non-hydrogen) atoms. The molecule has 2 nitrogen and oxygen atoms in total. The summed E-state index contributed by atoms with van der Waals surface area (Å²) in [5.41, 5.74) is 0.0885. The van der Waals surface area contributed by atoms with Crippen molar-refractivity contribution in [3.8, 4) is 0 Å². The summed E-state index contributed by atoms with van der Waals surface area (Å²) in [7, 11) is 0. The lowest BCUT2D eigenvalue weighted by Gasteiger charge is -2.32. The lowest BCUT2D eigenvalue weighted by atomic mass is 9.72. The Morgan fingerprint density at radius 1 is 1.69 bits per heavy atom. The Kier molecular flexibility index (Phi) is 3.65. The average molecular weight is 202 g/mol. The zero-order chi connectivity index (χ0) is 9.90. The van der Waals surface area contributed by atoms with Crippen molar-refractivity contribution in [1.29, 1.82) is 0 Å². The molecule has 1 N–H and O–H groups in total. The molecule has 0 spiro atoms. The van der Waals surface area contributed by atoms with Gasteiger partial charge in [-0.25, -0.2) is 0 Å². The number of carboxylic acid groups (broad SMARTS) is 1. The molecule has 0 aliphatic carbocycles. The predicted molar refractivity (Wildman–Crippen MR) is 56.1 cm³/mol. The number of thioether (sulfide) groups is 1. The van der Waals surface area contributed by atoms with Gasteiger partial charge in [-0.15, -0.1) is 0 Å². The van der Waals surface area contributed by atoms with Crippen molar-refractivity contribution in [3.05, 3.63) is 0 Å². The van der Waals surface area contributed by atoms with Crippen LogP contribution in [0.1, 0.15) is 33.1 Å². The van der Waals surface area contributed by atoms with Crippen LogP contribution < -0.4 is 0 Å². The maximum Gasteiger partial charge on any atom is 0.303 e. The van der Waals surface area contributed by atoms with Crippen LogP contribution in [0.25, 0.3) is 0 Å². The lowest BCUT2D eigenvalue weighted by molar-refractivity contribution is -0.140. The third-order valence-electron chi connectivity index (χ3n) is 3.29. The van der Waals surface area contributed by atoms with E-state index in [0.29, 0.717) is 12.3 Å². The summed E-state index contributed by atoms with van der Waals surface area (Å²) in [6, 6.07) is 0. The van der Waals surface area contributed by atoms with Crippen molar-refractivity contribution in [2.45, 2.75) is 33.1 Å². The molecule has 0 aromatic rings. The quantitative estimate of drug-likeness (QED) is 0.761. The Morgan fingerprint density at radius 2 is 2.38 bits per heavy atom. The topological polar surface area (TPSA) is 37.3 Å². The van der Waals surface area contributed by atoms with Gasteiger partial charge < -0.3 is 5.11 Å². The standard InChI is InChI=1S/C10H18O2S/c1-3-8(2)10(6-9(11)12)4-5-13-7-10/h8H,3-7H2,1-2H3,(H,11,12). The van der Waals surface area contributed by atoms with Crippen LogP contribution in [0.4, 0.5) is 0 Å². The fraction of sp³-hybridized carbons (Fsp3) is 0.900. The van der Waals surface area contributed by atoms with Crippen molar-refractivity contribution >= 4 is 17.7 Å². The molecule has 0 amide bonds. The number of hydrogen-bond donors (Lipinski definition) is 1. The van der Waals surface area contributed by atoms with Crippen LogP contribution in [0, 0.1) is 11.3 Å². The van der Waals surface area contributed by atoms with Gasteiger partial charge in [-0.1, -0.05) is 20.3 Å². The highest BCUT2D eigenvalue weighted by Crippen LogP contribution is 2.46. The summed E-state index contributed by atoms with van der Waals surface area (Å²) in [6.45, 7) is 4.34. The van der Waals surface area contributed by atoms with Crippen LogP contribution >= 0.6 is 11.8 Å². The number of hydrogen-bond acceptors (Lipinski definition) is 2. The van der Waals surface area contributed by atoms with Crippen molar-refractivity contribution in [2.24, 2.45) is 11.3 Å². The highest BCUT2D eigenvalue weighted by Gasteiger charge is 2.40. The molecule has 0 aromatic heterocycles. The third kappa shape index (κ3) is 2.39. The van der Waals surface area contributed by atoms with Gasteiger partial charge in [-0.05, 0) is 29.3 Å². The molecule has 3 heteroatoms. The molecule has 0 radical (unpaired) electrons. The molecule has 1 saturated heterocycles. The van der Waals surface area contributed by atoms with E-state index in [4.69, 9.17) is 5.11 Å². The van der Waals surface area contributed by atoms with Crippen LogP contribution in [0.3, 0.4) is 0 Å². The minimum absolute atomic E-state index is 0.0885. The molecule has 0 aromatic carbocycles. The summed E-state index contributed by atoms with van der Waals surface area (Å²) in [5.74, 6) is 2.08. The second kappa shape index (κ2) is 4.36. The molecule has 1 aliphatic heterocycles. The van der Waals surface area contributed by atoms with Gasteiger partial charge in [0.25, 0.3) is 0 Å². The van der Waals surface area contributed by atoms with Crippen molar-refractivity contribution < 1.29 is 9.90 Å². The number of aliphatic carboxylic acids is 1. The van der Waals surface area contributed by atoms with E-state index in [2.05, 4.69) is 13.8 Å². The van der Waals surface area contributed by atoms with E-state index in [9.17, 15) is 4.79 Å². The Morgan fingerprint density at radius 3 is 2.77 bits per heavy atom. The fourth-order valence-electron chi connectivity index (χ4n) is 2.06. The van der Waals surface area contributed by atoms with E-state index in [-0.39, 0.29) is 5.41 Å². The van der Waals surface area contributed by atoms with E-state index < -0.39 is 5.97 Å². The molecule has 1 aliphatic rings. The van der Waals surface area contributed by atoms with E-state index in [1.54, 1.807) is 0 Å². The Labute approximate surface area is 84.1 Å². The van der Waals surface area contributed by atoms with Crippen molar-refractivity contribution in [2.75, 3.05) is 11.5 Å². The van der Waals surface area contributed by atoms with Gasteiger partial charge in [0, 0.05) is 0 Å². The smallest absolute Gasteiger partial charge is 0.303 e. The Bertz CT molecular complexity index is 185. The predicted octanol–water partition coefficient (Wildman–Crippen LogP) is 2.63. The van der Waals surface area contributed by atoms with Gasteiger partial charge in [0.05, 0.1) is 6.42 Å². The average Bonchev–Trinajstić information content (AvgIpc) is 2.51. The van der Waals surface area contributed by atoms with Gasteiger partial charge in [0.2, 0.25) is 0 Å². The first-order chi connectivity index (χ1) is 6.10. The summed E-state index contributed by atoms with van der Waals surface area (Å²) < 4.78 is 0. The number of carboxylic acids is 1. The zero-order valence-corrected chi connectivity index (χ0v) is 9.19. The number of carbonyl (C=O) groups is 1. The van der Waals surface area contributed by atoms with Crippen molar-refractivity contribution in [1.82, 2.24) is 0 Å². The summed E-state index contributed by atoms with van der Waals surface area (Å²) in [5, 5.41) is 8.87. The van der Waals surface area contributed by atoms with E-state index in [1.165, 1.54) is 0 Å². The number of rotatable bonds is 4. The maximum absolute atomic E-state index is 10.8. The maximum atomic E-state index is 10.8. The first kappa shape index (κ1) is 10.9.